The number of nitrogens with zero attached hydrogens (tertiary/aromatic N) is 2. The molecule has 2 aromatic rings. The Balaban J connectivity index is 2.42. The van der Waals surface area contributed by atoms with Gasteiger partial charge >= 0.3 is 10.1 Å². The average molecular weight is 375 g/mol. The van der Waals surface area contributed by atoms with Crippen molar-refractivity contribution in [3.8, 4) is 5.88 Å². The second-order valence-electron chi connectivity index (χ2n) is 4.60. The Bertz CT molecular complexity index is 795. The summed E-state index contributed by atoms with van der Waals surface area (Å²) in [7, 11) is -4.06. The minimum absolute atomic E-state index is 0.00666. The first-order valence-corrected chi connectivity index (χ1v) is 9.61. The van der Waals surface area contributed by atoms with E-state index in [-0.39, 0.29) is 28.8 Å². The van der Waals surface area contributed by atoms with Crippen LogP contribution in [0.15, 0.2) is 34.3 Å². The van der Waals surface area contributed by atoms with E-state index in [0.717, 1.165) is 5.56 Å². The van der Waals surface area contributed by atoms with E-state index in [1.807, 2.05) is 6.92 Å². The molecule has 23 heavy (non-hydrogen) atoms. The van der Waals surface area contributed by atoms with Gasteiger partial charge in [0, 0.05) is 13.0 Å². The van der Waals surface area contributed by atoms with Gasteiger partial charge in [-0.15, -0.1) is 0 Å². The van der Waals surface area contributed by atoms with E-state index in [1.165, 1.54) is 23.9 Å². The minimum atomic E-state index is -4.06. The number of hydrogen-bond donors (Lipinski definition) is 1. The topological polar surface area (TPSA) is 89.4 Å². The molecule has 0 amide bonds. The zero-order chi connectivity index (χ0) is 17.0. The van der Waals surface area contributed by atoms with Crippen molar-refractivity contribution in [2.45, 2.75) is 23.4 Å². The maximum atomic E-state index is 12.3. The van der Waals surface area contributed by atoms with Crippen LogP contribution in [-0.2, 0) is 16.5 Å². The van der Waals surface area contributed by atoms with Crippen LogP contribution in [0.4, 0.5) is 0 Å². The van der Waals surface area contributed by atoms with Gasteiger partial charge in [-0.25, -0.2) is 4.98 Å². The molecule has 0 radical (unpaired) electrons. The normalized spacial score (nSPS) is 11.5. The zero-order valence-electron chi connectivity index (χ0n) is 12.5. The first-order chi connectivity index (χ1) is 10.9. The summed E-state index contributed by atoms with van der Waals surface area (Å²) in [5.41, 5.74) is 1.27. The quantitative estimate of drug-likeness (QED) is 0.472. The molecule has 1 heterocycles. The molecule has 0 aliphatic heterocycles. The number of aliphatic hydroxyl groups is 1. The van der Waals surface area contributed by atoms with Gasteiger partial charge in [0.05, 0.1) is 5.69 Å². The third-order valence-electron chi connectivity index (χ3n) is 2.90. The van der Waals surface area contributed by atoms with E-state index in [1.54, 1.807) is 18.4 Å². The lowest BCUT2D eigenvalue weighted by atomic mass is 10.2. The molecule has 1 aromatic heterocycles. The second-order valence-corrected chi connectivity index (χ2v) is 7.30. The largest absolute Gasteiger partial charge is 0.396 e. The summed E-state index contributed by atoms with van der Waals surface area (Å²) >= 11 is 7.32. The van der Waals surface area contributed by atoms with E-state index in [2.05, 4.69) is 9.97 Å². The molecule has 124 valence electrons. The maximum Gasteiger partial charge on any atom is 0.340 e. The van der Waals surface area contributed by atoms with Crippen molar-refractivity contribution in [1.82, 2.24) is 9.97 Å². The third kappa shape index (κ3) is 4.35. The zero-order valence-corrected chi connectivity index (χ0v) is 14.9. The van der Waals surface area contributed by atoms with Crippen molar-refractivity contribution in [3.63, 3.8) is 0 Å². The second kappa shape index (κ2) is 7.48. The van der Waals surface area contributed by atoms with E-state index in [0.29, 0.717) is 10.9 Å². The predicted octanol–water partition coefficient (Wildman–Crippen LogP) is 2.46. The van der Waals surface area contributed by atoms with Gasteiger partial charge in [0.1, 0.15) is 9.92 Å². The Hall–Kier alpha value is -1.35. The van der Waals surface area contributed by atoms with Crippen LogP contribution in [0, 0.1) is 6.92 Å². The molecular formula is C14H15ClN2O4S2. The van der Waals surface area contributed by atoms with E-state index in [4.69, 9.17) is 20.9 Å². The molecule has 0 aliphatic carbocycles. The highest BCUT2D eigenvalue weighted by Gasteiger charge is 2.22. The summed E-state index contributed by atoms with van der Waals surface area (Å²) in [5.74, 6) is -0.241. The summed E-state index contributed by atoms with van der Waals surface area (Å²) in [4.78, 5) is 8.15. The minimum Gasteiger partial charge on any atom is -0.396 e. The molecule has 0 aliphatic rings. The highest BCUT2D eigenvalue weighted by molar-refractivity contribution is 7.98. The molecule has 0 spiro atoms. The molecule has 1 N–H and O–H groups in total. The SMILES string of the molecule is CSc1nc(CCO)c(Cl)c(OS(=O)(=O)c2ccc(C)cc2)n1. The van der Waals surface area contributed by atoms with Crippen LogP contribution in [0.1, 0.15) is 11.3 Å². The van der Waals surface area contributed by atoms with Crippen molar-refractivity contribution in [2.75, 3.05) is 12.9 Å². The predicted molar refractivity (Wildman–Crippen MR) is 88.6 cm³/mol. The molecule has 0 saturated carbocycles. The van der Waals surface area contributed by atoms with Crippen molar-refractivity contribution in [1.29, 1.82) is 0 Å². The monoisotopic (exact) mass is 374 g/mol. The molecule has 9 heteroatoms. The van der Waals surface area contributed by atoms with Gasteiger partial charge in [0.15, 0.2) is 5.16 Å². The number of aromatic nitrogens is 2. The number of benzene rings is 1. The number of hydrogen-bond acceptors (Lipinski definition) is 7. The molecular weight excluding hydrogens is 360 g/mol. The summed E-state index contributed by atoms with van der Waals surface area (Å²) < 4.78 is 29.8. The number of halogens is 1. The van der Waals surface area contributed by atoms with Gasteiger partial charge in [-0.2, -0.15) is 13.4 Å². The Morgan fingerprint density at radius 3 is 2.48 bits per heavy atom. The Kier molecular flexibility index (Phi) is 5.85. The smallest absolute Gasteiger partial charge is 0.340 e. The van der Waals surface area contributed by atoms with Crippen molar-refractivity contribution < 1.29 is 17.7 Å². The number of rotatable bonds is 6. The van der Waals surface area contributed by atoms with Crippen LogP contribution >= 0.6 is 23.4 Å². The van der Waals surface area contributed by atoms with Gasteiger partial charge in [-0.3, -0.25) is 0 Å². The Labute approximate surface area is 144 Å². The number of thioether (sulfide) groups is 1. The summed E-state index contributed by atoms with van der Waals surface area (Å²) in [6.07, 6.45) is 1.92. The van der Waals surface area contributed by atoms with E-state index >= 15 is 0 Å². The first kappa shape index (κ1) is 18.0. The third-order valence-corrected chi connectivity index (χ3v) is 5.05. The molecule has 0 atom stereocenters. The number of aryl methyl sites for hydroxylation is 1. The summed E-state index contributed by atoms with van der Waals surface area (Å²) in [6, 6.07) is 6.23. The molecule has 0 fully saturated rings. The van der Waals surface area contributed by atoms with E-state index < -0.39 is 10.1 Å². The standard InChI is InChI=1S/C14H15ClN2O4S2/c1-9-3-5-10(6-4-9)23(19,20)21-13-12(15)11(7-8-18)16-14(17-13)22-2/h3-6,18H,7-8H2,1-2H3. The van der Waals surface area contributed by atoms with Crippen LogP contribution in [0.2, 0.25) is 5.02 Å². The maximum absolute atomic E-state index is 12.3. The molecule has 1 aromatic carbocycles. The van der Waals surface area contributed by atoms with Crippen LogP contribution < -0.4 is 4.18 Å². The fourth-order valence-corrected chi connectivity index (χ4v) is 3.26. The van der Waals surface area contributed by atoms with Gasteiger partial charge in [0.2, 0.25) is 0 Å². The number of aliphatic hydroxyl groups excluding tert-OH is 1. The molecule has 0 bridgehead atoms. The van der Waals surface area contributed by atoms with Gasteiger partial charge in [-0.05, 0) is 25.3 Å². The van der Waals surface area contributed by atoms with Gasteiger partial charge in [-0.1, -0.05) is 41.1 Å². The van der Waals surface area contributed by atoms with Crippen LogP contribution in [0.5, 0.6) is 5.88 Å². The highest BCUT2D eigenvalue weighted by atomic mass is 35.5. The molecule has 2 rings (SSSR count). The van der Waals surface area contributed by atoms with E-state index in [9.17, 15) is 8.42 Å². The Morgan fingerprint density at radius 1 is 1.26 bits per heavy atom. The molecule has 0 saturated heterocycles. The van der Waals surface area contributed by atoms with Crippen LogP contribution in [-0.4, -0.2) is 36.4 Å². The fourth-order valence-electron chi connectivity index (χ4n) is 1.72. The van der Waals surface area contributed by atoms with Gasteiger partial charge in [0.25, 0.3) is 5.88 Å². The van der Waals surface area contributed by atoms with Crippen LogP contribution in [0.3, 0.4) is 0 Å². The lowest BCUT2D eigenvalue weighted by Crippen LogP contribution is -2.12. The molecule has 0 unspecified atom stereocenters. The summed E-state index contributed by atoms with van der Waals surface area (Å²) in [6.45, 7) is 1.68. The summed E-state index contributed by atoms with van der Waals surface area (Å²) in [5, 5.41) is 9.34. The van der Waals surface area contributed by atoms with Crippen molar-refractivity contribution >= 4 is 33.5 Å². The fraction of sp³-hybridized carbons (Fsp3) is 0.286. The van der Waals surface area contributed by atoms with Crippen LogP contribution in [0.25, 0.3) is 0 Å². The first-order valence-electron chi connectivity index (χ1n) is 6.60. The highest BCUT2D eigenvalue weighted by Crippen LogP contribution is 2.30. The average Bonchev–Trinajstić information content (AvgIpc) is 2.51. The molecule has 6 nitrogen and oxygen atoms in total. The van der Waals surface area contributed by atoms with Crippen molar-refractivity contribution in [2.24, 2.45) is 0 Å². The Morgan fingerprint density at radius 2 is 1.91 bits per heavy atom. The van der Waals surface area contributed by atoms with Gasteiger partial charge < -0.3 is 9.29 Å². The van der Waals surface area contributed by atoms with Crippen molar-refractivity contribution in [3.05, 3.63) is 40.5 Å². The lowest BCUT2D eigenvalue weighted by molar-refractivity contribution is 0.297. The lowest BCUT2D eigenvalue weighted by Gasteiger charge is -2.11.